The van der Waals surface area contributed by atoms with E-state index in [1.165, 1.54) is 11.7 Å². The van der Waals surface area contributed by atoms with Gasteiger partial charge in [-0.05, 0) is 42.8 Å². The number of benzene rings is 2. The summed E-state index contributed by atoms with van der Waals surface area (Å²) >= 11 is 0. The first-order valence-electron chi connectivity index (χ1n) is 10.5. The quantitative estimate of drug-likeness (QED) is 0.429. The van der Waals surface area contributed by atoms with E-state index in [1.54, 1.807) is 48.9 Å². The molecule has 1 atom stereocenters. The third-order valence-electron chi connectivity index (χ3n) is 5.36. The molecule has 0 saturated heterocycles. The van der Waals surface area contributed by atoms with Crippen molar-refractivity contribution in [3.05, 3.63) is 74.4 Å². The maximum Gasteiger partial charge on any atom is 0.330 e. The van der Waals surface area contributed by atoms with Crippen LogP contribution in [0.2, 0.25) is 0 Å². The van der Waals surface area contributed by atoms with E-state index in [-0.39, 0.29) is 24.3 Å². The number of H-pyrrole nitrogens is 1. The number of nitrogens with zero attached hydrogens (tertiary/aromatic N) is 4. The van der Waals surface area contributed by atoms with E-state index >= 15 is 0 Å². The highest BCUT2D eigenvalue weighted by molar-refractivity contribution is 5.77. The second-order valence-electron chi connectivity index (χ2n) is 7.85. The fourth-order valence-electron chi connectivity index (χ4n) is 3.70. The molecular weight excluding hydrogens is 438 g/mol. The summed E-state index contributed by atoms with van der Waals surface area (Å²) in [7, 11) is 3.20. The summed E-state index contributed by atoms with van der Waals surface area (Å²) in [5, 5.41) is 18.7. The molecule has 2 heterocycles. The van der Waals surface area contributed by atoms with Gasteiger partial charge in [0.1, 0.15) is 12.4 Å². The lowest BCUT2D eigenvalue weighted by Gasteiger charge is -2.12. The highest BCUT2D eigenvalue weighted by Crippen LogP contribution is 2.33. The van der Waals surface area contributed by atoms with E-state index in [0.29, 0.717) is 28.5 Å². The zero-order valence-corrected chi connectivity index (χ0v) is 18.9. The molecule has 0 aliphatic heterocycles. The van der Waals surface area contributed by atoms with Crippen molar-refractivity contribution in [1.29, 1.82) is 5.26 Å². The van der Waals surface area contributed by atoms with Crippen LogP contribution in [0.4, 0.5) is 0 Å². The van der Waals surface area contributed by atoms with Gasteiger partial charge in [-0.2, -0.15) is 5.26 Å². The highest BCUT2D eigenvalue weighted by Gasteiger charge is 2.19. The topological polar surface area (TPSA) is 135 Å². The lowest BCUT2D eigenvalue weighted by molar-refractivity contribution is 0.173. The number of hydrogen-bond donors (Lipinski definition) is 2. The van der Waals surface area contributed by atoms with Gasteiger partial charge in [-0.15, -0.1) is 0 Å². The Bertz CT molecular complexity index is 1510. The third-order valence-corrected chi connectivity index (χ3v) is 5.36. The molecule has 0 spiro atoms. The predicted octanol–water partition coefficient (Wildman–Crippen LogP) is 1.93. The first-order chi connectivity index (χ1) is 16.3. The van der Waals surface area contributed by atoms with Crippen LogP contribution in [0.3, 0.4) is 0 Å². The van der Waals surface area contributed by atoms with Crippen LogP contribution in [0.15, 0.2) is 52.1 Å². The van der Waals surface area contributed by atoms with Crippen LogP contribution in [-0.4, -0.2) is 37.4 Å². The number of aryl methyl sites for hydroxylation is 1. The van der Waals surface area contributed by atoms with Gasteiger partial charge in [0.25, 0.3) is 5.56 Å². The summed E-state index contributed by atoms with van der Waals surface area (Å²) < 4.78 is 14.2. The van der Waals surface area contributed by atoms with Crippen LogP contribution in [0.25, 0.3) is 22.6 Å². The van der Waals surface area contributed by atoms with Crippen molar-refractivity contribution in [1.82, 2.24) is 19.1 Å². The Hall–Kier alpha value is -4.36. The van der Waals surface area contributed by atoms with E-state index in [1.807, 2.05) is 12.1 Å². The SMILES string of the molecule is COc1cc(-c2nc3c(c(=O)[nH]c(=O)n3CC(C)O)n2C)ccc1OCc1ccc(C#N)cc1. The predicted molar refractivity (Wildman–Crippen MR) is 125 cm³/mol. The Morgan fingerprint density at radius 2 is 1.91 bits per heavy atom. The summed E-state index contributed by atoms with van der Waals surface area (Å²) in [6.45, 7) is 1.83. The molecule has 10 heteroatoms. The lowest BCUT2D eigenvalue weighted by Crippen LogP contribution is -2.33. The second kappa shape index (κ2) is 9.25. The molecule has 2 aromatic heterocycles. The molecule has 0 fully saturated rings. The summed E-state index contributed by atoms with van der Waals surface area (Å²) in [5.74, 6) is 1.43. The number of rotatable bonds is 7. The van der Waals surface area contributed by atoms with Crippen molar-refractivity contribution in [2.24, 2.45) is 7.05 Å². The van der Waals surface area contributed by atoms with Crippen LogP contribution in [0.1, 0.15) is 18.1 Å². The Labute approximate surface area is 194 Å². The zero-order valence-electron chi connectivity index (χ0n) is 18.9. The largest absolute Gasteiger partial charge is 0.493 e. The number of aliphatic hydroxyl groups excluding tert-OH is 1. The summed E-state index contributed by atoms with van der Waals surface area (Å²) in [6.07, 6.45) is -0.801. The Balaban J connectivity index is 1.70. The Morgan fingerprint density at radius 1 is 1.18 bits per heavy atom. The first-order valence-corrected chi connectivity index (χ1v) is 10.5. The monoisotopic (exact) mass is 461 g/mol. The lowest BCUT2D eigenvalue weighted by atomic mass is 10.1. The number of hydrogen-bond acceptors (Lipinski definition) is 7. The van der Waals surface area contributed by atoms with Crippen molar-refractivity contribution >= 4 is 11.2 Å². The summed E-state index contributed by atoms with van der Waals surface area (Å²) in [4.78, 5) is 31.6. The number of aromatic nitrogens is 4. The molecule has 0 saturated carbocycles. The number of nitriles is 1. The molecule has 0 amide bonds. The Kier molecular flexibility index (Phi) is 6.21. The Morgan fingerprint density at radius 3 is 2.56 bits per heavy atom. The minimum absolute atomic E-state index is 0.00594. The maximum absolute atomic E-state index is 12.5. The van der Waals surface area contributed by atoms with Crippen molar-refractivity contribution in [2.75, 3.05) is 7.11 Å². The van der Waals surface area contributed by atoms with E-state index in [0.717, 1.165) is 5.56 Å². The molecule has 4 aromatic rings. The molecule has 174 valence electrons. The molecule has 34 heavy (non-hydrogen) atoms. The van der Waals surface area contributed by atoms with E-state index < -0.39 is 17.4 Å². The fraction of sp³-hybridized carbons (Fsp3) is 0.250. The van der Waals surface area contributed by atoms with Gasteiger partial charge >= 0.3 is 5.69 Å². The molecule has 0 aliphatic carbocycles. The van der Waals surface area contributed by atoms with Gasteiger partial charge in [0.15, 0.2) is 22.7 Å². The summed E-state index contributed by atoms with van der Waals surface area (Å²) in [6, 6.07) is 14.4. The standard InChI is InChI=1S/C24H23N5O5/c1-14(30)12-29-22-20(23(31)27-24(29)32)28(2)21(26-22)17-8-9-18(19(10-17)33-3)34-13-16-6-4-15(11-25)5-7-16/h4-10,14,30H,12-13H2,1-3H3,(H,27,31,32). The number of imidazole rings is 1. The van der Waals surface area contributed by atoms with Crippen LogP contribution in [0, 0.1) is 11.3 Å². The van der Waals surface area contributed by atoms with E-state index in [4.69, 9.17) is 14.7 Å². The van der Waals surface area contributed by atoms with Crippen LogP contribution >= 0.6 is 0 Å². The van der Waals surface area contributed by atoms with Crippen molar-refractivity contribution in [3.8, 4) is 29.0 Å². The van der Waals surface area contributed by atoms with Gasteiger partial charge < -0.3 is 19.1 Å². The number of ether oxygens (including phenoxy) is 2. The maximum atomic E-state index is 12.5. The van der Waals surface area contributed by atoms with Crippen molar-refractivity contribution < 1.29 is 14.6 Å². The molecule has 1 unspecified atom stereocenters. The molecule has 0 radical (unpaired) electrons. The van der Waals surface area contributed by atoms with Gasteiger partial charge in [-0.3, -0.25) is 14.3 Å². The zero-order chi connectivity index (χ0) is 24.4. The molecule has 0 aliphatic rings. The molecule has 4 rings (SSSR count). The minimum atomic E-state index is -0.801. The smallest absolute Gasteiger partial charge is 0.330 e. The van der Waals surface area contributed by atoms with Crippen molar-refractivity contribution in [2.45, 2.75) is 26.2 Å². The van der Waals surface area contributed by atoms with Crippen LogP contribution in [0.5, 0.6) is 11.5 Å². The van der Waals surface area contributed by atoms with Gasteiger partial charge in [-0.25, -0.2) is 9.78 Å². The second-order valence-corrected chi connectivity index (χ2v) is 7.85. The number of aromatic amines is 1. The van der Waals surface area contributed by atoms with Crippen LogP contribution < -0.4 is 20.7 Å². The molecule has 0 bridgehead atoms. The minimum Gasteiger partial charge on any atom is -0.493 e. The number of aliphatic hydroxyl groups is 1. The van der Waals surface area contributed by atoms with Gasteiger partial charge in [0.05, 0.1) is 31.4 Å². The average molecular weight is 461 g/mol. The van der Waals surface area contributed by atoms with Gasteiger partial charge in [-0.1, -0.05) is 12.1 Å². The fourth-order valence-corrected chi connectivity index (χ4v) is 3.70. The van der Waals surface area contributed by atoms with Gasteiger partial charge in [0.2, 0.25) is 0 Å². The molecule has 2 aromatic carbocycles. The normalized spacial score (nSPS) is 11.9. The number of nitrogens with one attached hydrogen (secondary N) is 1. The summed E-state index contributed by atoms with van der Waals surface area (Å²) in [5.41, 5.74) is 1.34. The molecule has 10 nitrogen and oxygen atoms in total. The average Bonchev–Trinajstić information content (AvgIpc) is 3.18. The van der Waals surface area contributed by atoms with Gasteiger partial charge in [0, 0.05) is 12.6 Å². The number of fused-ring (bicyclic) bond motifs is 1. The van der Waals surface area contributed by atoms with E-state index in [9.17, 15) is 14.7 Å². The van der Waals surface area contributed by atoms with Crippen molar-refractivity contribution in [3.63, 3.8) is 0 Å². The highest BCUT2D eigenvalue weighted by atomic mass is 16.5. The van der Waals surface area contributed by atoms with Crippen LogP contribution in [-0.2, 0) is 20.2 Å². The number of methoxy groups -OCH3 is 1. The first kappa shape index (κ1) is 22.8. The third kappa shape index (κ3) is 4.29. The molecule has 2 N–H and O–H groups in total. The van der Waals surface area contributed by atoms with E-state index in [2.05, 4.69) is 16.0 Å². The molecular formula is C24H23N5O5.